The van der Waals surface area contributed by atoms with Crippen LogP contribution in [0.15, 0.2) is 51.4 Å². The van der Waals surface area contributed by atoms with E-state index in [4.69, 9.17) is 14.3 Å². The number of carbonyl (C=O) groups is 2. The minimum absolute atomic E-state index is 0.141. The molecule has 2 aromatic carbocycles. The van der Waals surface area contributed by atoms with Crippen LogP contribution in [0.2, 0.25) is 0 Å². The van der Waals surface area contributed by atoms with Crippen molar-refractivity contribution in [3.8, 4) is 5.75 Å². The van der Waals surface area contributed by atoms with E-state index in [1.807, 2.05) is 12.1 Å². The third-order valence-electron chi connectivity index (χ3n) is 4.34. The molecular weight excluding hydrogens is 412 g/mol. The zero-order valence-corrected chi connectivity index (χ0v) is 16.4. The number of hydrogen-bond donors (Lipinski definition) is 1. The van der Waals surface area contributed by atoms with Gasteiger partial charge in [-0.2, -0.15) is 0 Å². The number of aliphatic hydroxyl groups excluding tert-OH is 1. The van der Waals surface area contributed by atoms with Crippen LogP contribution in [0, 0.1) is 0 Å². The molecule has 5 nitrogen and oxygen atoms in total. The van der Waals surface area contributed by atoms with E-state index in [0.29, 0.717) is 46.4 Å². The summed E-state index contributed by atoms with van der Waals surface area (Å²) in [5, 5.41) is 9.56. The molecule has 27 heavy (non-hydrogen) atoms. The molecule has 0 bridgehead atoms. The topological polar surface area (TPSA) is 76.7 Å². The molecule has 0 unspecified atom stereocenters. The van der Waals surface area contributed by atoms with Crippen LogP contribution < -0.4 is 4.74 Å². The number of ether oxygens (including phenoxy) is 1. The predicted octanol–water partition coefficient (Wildman–Crippen LogP) is 4.32. The van der Waals surface area contributed by atoms with Crippen molar-refractivity contribution >= 4 is 38.5 Å². The molecule has 3 rings (SSSR count). The Labute approximate surface area is 165 Å². The number of Topliss-reactive ketones (excluding diaryl/α,β-unsaturated/α-hetero) is 1. The zero-order chi connectivity index (χ0) is 19.4. The molecule has 140 valence electrons. The minimum Gasteiger partial charge on any atom is -0.497 e. The Bertz CT molecular complexity index is 972. The van der Waals surface area contributed by atoms with Crippen molar-refractivity contribution in [1.29, 1.82) is 0 Å². The number of aliphatic hydroxyl groups is 1. The van der Waals surface area contributed by atoms with Crippen molar-refractivity contribution < 1.29 is 23.8 Å². The smallest absolute Gasteiger partial charge is 0.197 e. The number of furan rings is 1. The predicted molar refractivity (Wildman–Crippen MR) is 105 cm³/mol. The molecule has 1 N–H and O–H groups in total. The molecule has 0 radical (unpaired) electrons. The van der Waals surface area contributed by atoms with Gasteiger partial charge in [0, 0.05) is 28.3 Å². The fraction of sp³-hybridized carbons (Fsp3) is 0.238. The summed E-state index contributed by atoms with van der Waals surface area (Å²) in [7, 11) is 1.57. The van der Waals surface area contributed by atoms with Gasteiger partial charge in [-0.05, 0) is 48.9 Å². The van der Waals surface area contributed by atoms with Crippen molar-refractivity contribution in [3.63, 3.8) is 0 Å². The molecule has 0 atom stereocenters. The summed E-state index contributed by atoms with van der Waals surface area (Å²) in [5.74, 6) is 0.804. The third-order valence-corrected chi connectivity index (χ3v) is 4.87. The highest BCUT2D eigenvalue weighted by Gasteiger charge is 2.22. The molecule has 0 amide bonds. The van der Waals surface area contributed by atoms with Crippen LogP contribution in [0.25, 0.3) is 11.0 Å². The number of aryl methyl sites for hydroxylation is 1. The molecule has 1 heterocycles. The number of halogens is 1. The van der Waals surface area contributed by atoms with Crippen LogP contribution >= 0.6 is 15.9 Å². The maximum absolute atomic E-state index is 13.2. The first-order valence-electron chi connectivity index (χ1n) is 8.55. The molecule has 0 spiro atoms. The van der Waals surface area contributed by atoms with Crippen molar-refractivity contribution in [2.75, 3.05) is 13.7 Å². The molecular formula is C21H19BrO5. The lowest BCUT2D eigenvalue weighted by molar-refractivity contribution is -0.121. The molecule has 0 saturated carbocycles. The Morgan fingerprint density at radius 2 is 1.89 bits per heavy atom. The van der Waals surface area contributed by atoms with Gasteiger partial charge in [0.2, 0.25) is 0 Å². The Balaban J connectivity index is 2.02. The van der Waals surface area contributed by atoms with Gasteiger partial charge in [0.15, 0.2) is 11.6 Å². The first kappa shape index (κ1) is 19.3. The van der Waals surface area contributed by atoms with E-state index in [1.165, 1.54) is 0 Å². The molecule has 1 aromatic heterocycles. The minimum atomic E-state index is -0.470. The number of hydrogen-bond acceptors (Lipinski definition) is 5. The first-order valence-corrected chi connectivity index (χ1v) is 9.35. The highest BCUT2D eigenvalue weighted by Crippen LogP contribution is 2.32. The van der Waals surface area contributed by atoms with Crippen LogP contribution in [-0.4, -0.2) is 30.4 Å². The summed E-state index contributed by atoms with van der Waals surface area (Å²) in [6, 6.07) is 12.5. The van der Waals surface area contributed by atoms with Gasteiger partial charge in [-0.3, -0.25) is 9.59 Å². The Morgan fingerprint density at radius 1 is 1.15 bits per heavy atom. The maximum Gasteiger partial charge on any atom is 0.197 e. The van der Waals surface area contributed by atoms with Gasteiger partial charge in [-0.1, -0.05) is 15.9 Å². The molecule has 0 fully saturated rings. The van der Waals surface area contributed by atoms with Crippen molar-refractivity contribution in [1.82, 2.24) is 0 Å². The Hall–Kier alpha value is -2.44. The lowest BCUT2D eigenvalue weighted by Crippen LogP contribution is -2.06. The second-order valence-corrected chi connectivity index (χ2v) is 7.06. The number of rotatable bonds is 8. The van der Waals surface area contributed by atoms with Gasteiger partial charge >= 0.3 is 0 Å². The Morgan fingerprint density at radius 3 is 2.56 bits per heavy atom. The van der Waals surface area contributed by atoms with Gasteiger partial charge in [-0.25, -0.2) is 0 Å². The first-order chi connectivity index (χ1) is 13.0. The Kier molecular flexibility index (Phi) is 6.08. The van der Waals surface area contributed by atoms with Crippen LogP contribution in [0.4, 0.5) is 0 Å². The quantitative estimate of drug-likeness (QED) is 0.538. The monoisotopic (exact) mass is 430 g/mol. The maximum atomic E-state index is 13.2. The molecule has 0 saturated heterocycles. The fourth-order valence-corrected chi connectivity index (χ4v) is 3.21. The third kappa shape index (κ3) is 4.28. The highest BCUT2D eigenvalue weighted by molar-refractivity contribution is 9.10. The fourth-order valence-electron chi connectivity index (χ4n) is 2.95. The molecule has 0 aliphatic rings. The summed E-state index contributed by atoms with van der Waals surface area (Å²) >= 11 is 3.37. The van der Waals surface area contributed by atoms with E-state index in [0.717, 1.165) is 4.47 Å². The number of fused-ring (bicyclic) bond motifs is 1. The largest absolute Gasteiger partial charge is 0.497 e. The second kappa shape index (κ2) is 8.50. The molecule has 6 heteroatoms. The van der Waals surface area contributed by atoms with Crippen molar-refractivity contribution in [2.45, 2.75) is 19.3 Å². The number of carbonyl (C=O) groups excluding carboxylic acids is 2. The zero-order valence-electron chi connectivity index (χ0n) is 14.8. The number of benzene rings is 2. The lowest BCUT2D eigenvalue weighted by atomic mass is 9.98. The van der Waals surface area contributed by atoms with Gasteiger partial charge < -0.3 is 14.3 Å². The molecule has 0 aliphatic heterocycles. The van der Waals surface area contributed by atoms with Crippen molar-refractivity contribution in [2.24, 2.45) is 0 Å². The second-order valence-electron chi connectivity index (χ2n) is 6.15. The molecule has 3 aromatic rings. The van der Waals surface area contributed by atoms with E-state index in [2.05, 4.69) is 15.9 Å². The van der Waals surface area contributed by atoms with E-state index >= 15 is 0 Å². The average molecular weight is 431 g/mol. The van der Waals surface area contributed by atoms with Crippen LogP contribution in [-0.2, 0) is 11.2 Å². The van der Waals surface area contributed by atoms with E-state index in [-0.39, 0.29) is 18.0 Å². The highest BCUT2D eigenvalue weighted by atomic mass is 79.9. The average Bonchev–Trinajstić information content (AvgIpc) is 3.05. The summed E-state index contributed by atoms with van der Waals surface area (Å²) in [5.41, 5.74) is 1.64. The van der Waals surface area contributed by atoms with E-state index in [9.17, 15) is 9.59 Å². The standard InChI is InChI=1S/C21H19BrO5/c1-26-16-9-10-18-17(11-16)20(19(27-18)4-2-3-15(24)12-23)21(25)13-5-7-14(22)8-6-13/h5-11,23H,2-4,12H2,1H3. The van der Waals surface area contributed by atoms with Crippen molar-refractivity contribution in [3.05, 3.63) is 63.8 Å². The van der Waals surface area contributed by atoms with E-state index in [1.54, 1.807) is 37.4 Å². The normalized spacial score (nSPS) is 10.9. The van der Waals surface area contributed by atoms with Crippen LogP contribution in [0.1, 0.15) is 34.5 Å². The number of methoxy groups -OCH3 is 1. The molecule has 0 aliphatic carbocycles. The SMILES string of the molecule is COc1ccc2oc(CCCC(=O)CO)c(C(=O)c3ccc(Br)cc3)c2c1. The lowest BCUT2D eigenvalue weighted by Gasteiger charge is -2.04. The summed E-state index contributed by atoms with van der Waals surface area (Å²) in [6.07, 6.45) is 1.17. The summed E-state index contributed by atoms with van der Waals surface area (Å²) < 4.78 is 12.1. The summed E-state index contributed by atoms with van der Waals surface area (Å²) in [6.45, 7) is -0.470. The van der Waals surface area contributed by atoms with Crippen LogP contribution in [0.5, 0.6) is 5.75 Å². The number of ketones is 2. The van der Waals surface area contributed by atoms with Gasteiger partial charge in [0.25, 0.3) is 0 Å². The van der Waals surface area contributed by atoms with Gasteiger partial charge in [0.05, 0.1) is 12.7 Å². The van der Waals surface area contributed by atoms with Crippen LogP contribution in [0.3, 0.4) is 0 Å². The summed E-state index contributed by atoms with van der Waals surface area (Å²) in [4.78, 5) is 24.5. The van der Waals surface area contributed by atoms with Gasteiger partial charge in [-0.15, -0.1) is 0 Å². The van der Waals surface area contributed by atoms with E-state index < -0.39 is 6.61 Å². The van der Waals surface area contributed by atoms with Gasteiger partial charge in [0.1, 0.15) is 23.7 Å².